The van der Waals surface area contributed by atoms with E-state index in [1.54, 1.807) is 4.68 Å². The van der Waals surface area contributed by atoms with Crippen LogP contribution in [-0.4, -0.2) is 48.6 Å². The zero-order valence-electron chi connectivity index (χ0n) is 17.2. The molecule has 1 aliphatic rings. The summed E-state index contributed by atoms with van der Waals surface area (Å²) in [5.41, 5.74) is 3.49. The largest absolute Gasteiger partial charge is 0.487 e. The molecule has 28 heavy (non-hydrogen) atoms. The summed E-state index contributed by atoms with van der Waals surface area (Å²) < 4.78 is 9.64. The Kier molecular flexibility index (Phi) is 4.78. The summed E-state index contributed by atoms with van der Waals surface area (Å²) in [6, 6.07) is 1.93. The van der Waals surface area contributed by atoms with Crippen LogP contribution in [0.5, 0.6) is 5.75 Å². The normalized spacial score (nSPS) is 14.9. The number of imidazole rings is 1. The van der Waals surface area contributed by atoms with E-state index in [0.29, 0.717) is 0 Å². The number of ether oxygens (including phenoxy) is 1. The average Bonchev–Trinajstić information content (AvgIpc) is 3.35. The molecule has 148 valence electrons. The van der Waals surface area contributed by atoms with Gasteiger partial charge in [0, 0.05) is 26.2 Å². The van der Waals surface area contributed by atoms with Crippen LogP contribution in [0.1, 0.15) is 49.6 Å². The molecule has 0 atom stereocenters. The third kappa shape index (κ3) is 3.46. The van der Waals surface area contributed by atoms with Gasteiger partial charge >= 0.3 is 0 Å². The number of hydrogen-bond donors (Lipinski definition) is 0. The fourth-order valence-corrected chi connectivity index (χ4v) is 3.39. The molecule has 0 amide bonds. The minimum Gasteiger partial charge on any atom is -0.487 e. The number of nitrogens with zero attached hydrogens (tertiary/aromatic N) is 7. The third-order valence-corrected chi connectivity index (χ3v) is 4.97. The van der Waals surface area contributed by atoms with Crippen molar-refractivity contribution in [1.29, 1.82) is 0 Å². The van der Waals surface area contributed by atoms with Crippen molar-refractivity contribution in [3.63, 3.8) is 0 Å². The first-order valence-electron chi connectivity index (χ1n) is 9.80. The molecule has 8 nitrogen and oxygen atoms in total. The van der Waals surface area contributed by atoms with E-state index in [1.807, 2.05) is 57.5 Å². The van der Waals surface area contributed by atoms with E-state index in [4.69, 9.17) is 9.84 Å². The quantitative estimate of drug-likeness (QED) is 0.676. The Morgan fingerprint density at radius 2 is 1.82 bits per heavy atom. The monoisotopic (exact) mass is 381 g/mol. The molecule has 1 saturated heterocycles. The first kappa shape index (κ1) is 18.5. The third-order valence-electron chi connectivity index (χ3n) is 4.97. The van der Waals surface area contributed by atoms with Gasteiger partial charge in [0.15, 0.2) is 17.2 Å². The Morgan fingerprint density at radius 3 is 2.54 bits per heavy atom. The molecule has 0 unspecified atom stereocenters. The molecule has 3 aromatic rings. The maximum absolute atomic E-state index is 5.99. The second-order valence-corrected chi connectivity index (χ2v) is 7.54. The number of hydrogen-bond acceptors (Lipinski definition) is 6. The molecule has 0 aliphatic carbocycles. The fourth-order valence-electron chi connectivity index (χ4n) is 3.39. The van der Waals surface area contributed by atoms with E-state index in [1.165, 1.54) is 12.8 Å². The van der Waals surface area contributed by atoms with Gasteiger partial charge in [-0.3, -0.25) is 0 Å². The Hall–Kier alpha value is -2.90. The molecule has 0 aromatic carbocycles. The van der Waals surface area contributed by atoms with E-state index < -0.39 is 0 Å². The van der Waals surface area contributed by atoms with Crippen LogP contribution in [0.3, 0.4) is 0 Å². The molecule has 8 heteroatoms. The Labute approximate surface area is 164 Å². The van der Waals surface area contributed by atoms with E-state index in [9.17, 15) is 0 Å². The number of anilines is 1. The van der Waals surface area contributed by atoms with Gasteiger partial charge in [-0.15, -0.1) is 5.10 Å². The number of aryl methyl sites for hydroxylation is 3. The van der Waals surface area contributed by atoms with Crippen molar-refractivity contribution in [2.45, 2.75) is 46.6 Å². The van der Waals surface area contributed by atoms with Gasteiger partial charge in [0.2, 0.25) is 5.95 Å². The molecule has 4 heterocycles. The SMILES string of the molecule is Cc1nc2c(OC(C)C)cc(C=Cc3nc(N4CCCC4)nn3C)nn2c1C. The molecule has 4 rings (SSSR count). The van der Waals surface area contributed by atoms with Gasteiger partial charge in [0.05, 0.1) is 23.2 Å². The topological polar surface area (TPSA) is 73.4 Å². The minimum atomic E-state index is 0.0575. The highest BCUT2D eigenvalue weighted by molar-refractivity contribution is 5.68. The summed E-state index contributed by atoms with van der Waals surface area (Å²) in [6.07, 6.45) is 6.35. The molecular weight excluding hydrogens is 354 g/mol. The summed E-state index contributed by atoms with van der Waals surface area (Å²) in [4.78, 5) is 11.5. The van der Waals surface area contributed by atoms with Gasteiger partial charge in [-0.25, -0.2) is 14.2 Å². The second kappa shape index (κ2) is 7.26. The molecule has 1 fully saturated rings. The maximum Gasteiger partial charge on any atom is 0.245 e. The lowest BCUT2D eigenvalue weighted by atomic mass is 10.3. The van der Waals surface area contributed by atoms with Gasteiger partial charge in [0.25, 0.3) is 0 Å². The predicted molar refractivity (Wildman–Crippen MR) is 110 cm³/mol. The molecular formula is C20H27N7O. The summed E-state index contributed by atoms with van der Waals surface area (Å²) in [7, 11) is 1.92. The van der Waals surface area contributed by atoms with Crippen molar-refractivity contribution < 1.29 is 4.74 Å². The predicted octanol–water partition coefficient (Wildman–Crippen LogP) is 3.03. The highest BCUT2D eigenvalue weighted by Crippen LogP contribution is 2.24. The van der Waals surface area contributed by atoms with Gasteiger partial charge in [-0.1, -0.05) is 0 Å². The van der Waals surface area contributed by atoms with Crippen molar-refractivity contribution >= 4 is 23.7 Å². The summed E-state index contributed by atoms with van der Waals surface area (Å²) in [5, 5.41) is 9.26. The molecule has 0 bridgehead atoms. The van der Waals surface area contributed by atoms with E-state index in [0.717, 1.165) is 53.3 Å². The molecule has 0 N–H and O–H groups in total. The molecule has 1 aliphatic heterocycles. The van der Waals surface area contributed by atoms with E-state index >= 15 is 0 Å². The van der Waals surface area contributed by atoms with Gasteiger partial charge in [-0.05, 0) is 52.7 Å². The summed E-state index contributed by atoms with van der Waals surface area (Å²) in [6.45, 7) is 10.1. The average molecular weight is 381 g/mol. The lowest BCUT2D eigenvalue weighted by Gasteiger charge is -2.11. The Bertz CT molecular complexity index is 1030. The van der Waals surface area contributed by atoms with Crippen LogP contribution in [0.2, 0.25) is 0 Å². The lowest BCUT2D eigenvalue weighted by Crippen LogP contribution is -2.19. The van der Waals surface area contributed by atoms with Crippen LogP contribution < -0.4 is 9.64 Å². The Balaban J connectivity index is 1.68. The second-order valence-electron chi connectivity index (χ2n) is 7.54. The van der Waals surface area contributed by atoms with Crippen molar-refractivity contribution in [1.82, 2.24) is 29.4 Å². The first-order chi connectivity index (χ1) is 13.4. The standard InChI is InChI=1S/C20H27N7O/c1-13(2)28-17-12-16(23-27-15(4)14(3)21-19(17)27)8-9-18-22-20(24-25(18)5)26-10-6-7-11-26/h8-9,12-13H,6-7,10-11H2,1-5H3. The smallest absolute Gasteiger partial charge is 0.245 e. The van der Waals surface area contributed by atoms with Gasteiger partial charge in [0.1, 0.15) is 0 Å². The molecule has 0 spiro atoms. The maximum atomic E-state index is 5.99. The van der Waals surface area contributed by atoms with Crippen molar-refractivity contribution in [2.24, 2.45) is 7.05 Å². The zero-order valence-corrected chi connectivity index (χ0v) is 17.2. The van der Waals surface area contributed by atoms with Crippen LogP contribution in [0.25, 0.3) is 17.8 Å². The highest BCUT2D eigenvalue weighted by atomic mass is 16.5. The molecule has 0 radical (unpaired) electrons. The van der Waals surface area contributed by atoms with E-state index in [-0.39, 0.29) is 6.10 Å². The first-order valence-corrected chi connectivity index (χ1v) is 9.80. The van der Waals surface area contributed by atoms with Crippen LogP contribution in [0, 0.1) is 13.8 Å². The van der Waals surface area contributed by atoms with Gasteiger partial charge in [-0.2, -0.15) is 10.1 Å². The summed E-state index contributed by atoms with van der Waals surface area (Å²) >= 11 is 0. The lowest BCUT2D eigenvalue weighted by molar-refractivity contribution is 0.243. The Morgan fingerprint density at radius 1 is 1.07 bits per heavy atom. The van der Waals surface area contributed by atoms with Crippen molar-refractivity contribution in [3.05, 3.63) is 29.0 Å². The molecule has 0 saturated carbocycles. The fraction of sp³-hybridized carbons (Fsp3) is 0.500. The molecule has 3 aromatic heterocycles. The number of aromatic nitrogens is 6. The van der Waals surface area contributed by atoms with Crippen LogP contribution in [0.4, 0.5) is 5.95 Å². The number of fused-ring (bicyclic) bond motifs is 1. The van der Waals surface area contributed by atoms with Crippen LogP contribution in [-0.2, 0) is 7.05 Å². The summed E-state index contributed by atoms with van der Waals surface area (Å²) in [5.74, 6) is 2.33. The van der Waals surface area contributed by atoms with E-state index in [2.05, 4.69) is 20.0 Å². The van der Waals surface area contributed by atoms with Gasteiger partial charge < -0.3 is 9.64 Å². The zero-order chi connectivity index (χ0) is 19.8. The van der Waals surface area contributed by atoms with Crippen LogP contribution in [0.15, 0.2) is 6.07 Å². The van der Waals surface area contributed by atoms with Crippen LogP contribution >= 0.6 is 0 Å². The minimum absolute atomic E-state index is 0.0575. The highest BCUT2D eigenvalue weighted by Gasteiger charge is 2.17. The van der Waals surface area contributed by atoms with Crippen molar-refractivity contribution in [3.8, 4) is 5.75 Å². The van der Waals surface area contributed by atoms with Crippen molar-refractivity contribution in [2.75, 3.05) is 18.0 Å². The number of rotatable bonds is 5.